The first-order valence-corrected chi connectivity index (χ1v) is 15.5. The lowest BCUT2D eigenvalue weighted by molar-refractivity contribution is -0.143. The van der Waals surface area contributed by atoms with E-state index in [9.17, 15) is 51.2 Å². The molecule has 2 aliphatic heterocycles. The summed E-state index contributed by atoms with van der Waals surface area (Å²) in [6.45, 7) is -0.539. The van der Waals surface area contributed by atoms with Gasteiger partial charge in [-0.1, -0.05) is 48.5 Å². The highest BCUT2D eigenvalue weighted by Crippen LogP contribution is 2.52. The summed E-state index contributed by atoms with van der Waals surface area (Å²) < 4.78 is 87.8. The number of nitrogens with zero attached hydrogens (tertiary/aromatic N) is 1. The molecule has 0 unspecified atom stereocenters. The van der Waals surface area contributed by atoms with Crippen LogP contribution in [0.4, 0.5) is 32.0 Å². The molecule has 0 saturated carbocycles. The third-order valence-corrected chi connectivity index (χ3v) is 9.38. The number of benzene rings is 3. The van der Waals surface area contributed by atoms with Gasteiger partial charge in [-0.3, -0.25) is 9.59 Å². The zero-order chi connectivity index (χ0) is 35.2. The number of carbonyl (C=O) groups is 2. The Kier molecular flexibility index (Phi) is 9.24. The maximum Gasteiger partial charge on any atom is 0.455 e. The number of carbonyl (C=O) groups excluding carboxylic acids is 2. The Hall–Kier alpha value is -4.40. The van der Waals surface area contributed by atoms with E-state index in [4.69, 9.17) is 4.65 Å². The van der Waals surface area contributed by atoms with Gasteiger partial charge in [0.2, 0.25) is 11.8 Å². The third-order valence-electron chi connectivity index (χ3n) is 9.38. The monoisotopic (exact) mass is 685 g/mol. The second-order valence-electron chi connectivity index (χ2n) is 12.4. The van der Waals surface area contributed by atoms with Gasteiger partial charge in [0.15, 0.2) is 0 Å². The van der Waals surface area contributed by atoms with Crippen molar-refractivity contribution in [2.45, 2.75) is 44.0 Å². The van der Waals surface area contributed by atoms with E-state index in [0.717, 1.165) is 16.7 Å². The van der Waals surface area contributed by atoms with Crippen molar-refractivity contribution in [2.24, 2.45) is 17.8 Å². The van der Waals surface area contributed by atoms with Crippen LogP contribution in [0.2, 0.25) is 6.32 Å². The minimum absolute atomic E-state index is 0.0790. The van der Waals surface area contributed by atoms with Gasteiger partial charge in [0.05, 0.1) is 41.4 Å². The molecule has 3 aromatic rings. The Morgan fingerprint density at radius 3 is 2.12 bits per heavy atom. The van der Waals surface area contributed by atoms with Crippen molar-refractivity contribution in [3.8, 4) is 5.75 Å². The molecule has 3 aliphatic rings. The number of rotatable bonds is 7. The molecular formula is C35H30BF6NO6. The average Bonchev–Trinajstić information content (AvgIpc) is 3.31. The van der Waals surface area contributed by atoms with Gasteiger partial charge < -0.3 is 19.9 Å². The van der Waals surface area contributed by atoms with Gasteiger partial charge in [-0.05, 0) is 89.7 Å². The fourth-order valence-electron chi connectivity index (χ4n) is 7.24. The molecule has 4 atom stereocenters. The molecule has 3 N–H and O–H groups in total. The normalized spacial score (nSPS) is 23.2. The van der Waals surface area contributed by atoms with Crippen LogP contribution in [-0.2, 0) is 26.6 Å². The summed E-state index contributed by atoms with van der Waals surface area (Å²) >= 11 is 0. The van der Waals surface area contributed by atoms with Gasteiger partial charge in [0.25, 0.3) is 0 Å². The van der Waals surface area contributed by atoms with Crippen LogP contribution >= 0.6 is 0 Å². The number of aliphatic hydroxyl groups excluding tert-OH is 1. The Morgan fingerprint density at radius 1 is 0.898 bits per heavy atom. The molecule has 3 aromatic carbocycles. The Labute approximate surface area is 277 Å². The van der Waals surface area contributed by atoms with Crippen molar-refractivity contribution < 1.29 is 55.8 Å². The summed E-state index contributed by atoms with van der Waals surface area (Å²) in [5.74, 6) is -5.11. The topological polar surface area (TPSA) is 107 Å². The average molecular weight is 685 g/mol. The zero-order valence-corrected chi connectivity index (χ0v) is 25.7. The molecule has 14 heteroatoms. The van der Waals surface area contributed by atoms with Crippen molar-refractivity contribution in [1.82, 2.24) is 0 Å². The number of phenols is 1. The van der Waals surface area contributed by atoms with Gasteiger partial charge in [0.1, 0.15) is 5.75 Å². The van der Waals surface area contributed by atoms with Crippen molar-refractivity contribution in [3.05, 3.63) is 106 Å². The SMILES string of the molecule is O=C1[C@@H]2[C@@H](CC(CO)=C3[C@@H](CC/C(=C/c4ccc(O)cc4)c4ccccc4)OB(O)C[C@@H]32)C(=O)N1c1cc(C(F)(F)F)cc(C(F)(F)F)c1. The number of anilines is 1. The minimum atomic E-state index is -5.19. The van der Waals surface area contributed by atoms with Gasteiger partial charge >= 0.3 is 19.5 Å². The van der Waals surface area contributed by atoms with Crippen LogP contribution in [0, 0.1) is 17.8 Å². The maximum absolute atomic E-state index is 13.9. The molecule has 0 spiro atoms. The second-order valence-corrected chi connectivity index (χ2v) is 12.4. The fraction of sp³-hybridized carbons (Fsp3) is 0.314. The number of fused-ring (bicyclic) bond motifs is 3. The van der Waals surface area contributed by atoms with Gasteiger partial charge in [0, 0.05) is 0 Å². The van der Waals surface area contributed by atoms with E-state index in [-0.39, 0.29) is 31.0 Å². The standard InChI is InChI=1S/C35H30BF6NO6/c37-34(38,39)23-14-24(35(40,41)42)16-25(15-23)43-32(46)27-13-22(18-44)30-28(31(27)33(43)47)17-36(48)49-29(30)11-8-21(20-4-2-1-3-5-20)12-19-6-9-26(45)10-7-19/h1-7,9-10,12,14-16,27-29,31,44-45,48H,8,11,13,17-18H2/b21-12-/t27-,28+,29-,31-/m1/s1. The number of amides is 2. The molecule has 0 aromatic heterocycles. The lowest BCUT2D eigenvalue weighted by Crippen LogP contribution is -2.46. The van der Waals surface area contributed by atoms with Crippen molar-refractivity contribution in [3.63, 3.8) is 0 Å². The molecule has 49 heavy (non-hydrogen) atoms. The molecule has 2 fully saturated rings. The number of aromatic hydroxyl groups is 1. The third kappa shape index (κ3) is 6.90. The van der Waals surface area contributed by atoms with Crippen LogP contribution in [0.25, 0.3) is 11.6 Å². The predicted molar refractivity (Wildman–Crippen MR) is 167 cm³/mol. The fourth-order valence-corrected chi connectivity index (χ4v) is 7.24. The number of phenolic OH excluding ortho intramolecular Hbond substituents is 1. The smallest absolute Gasteiger partial charge is 0.455 e. The van der Waals surface area contributed by atoms with E-state index in [1.165, 1.54) is 0 Å². The highest BCUT2D eigenvalue weighted by molar-refractivity contribution is 6.43. The van der Waals surface area contributed by atoms with Crippen LogP contribution < -0.4 is 4.90 Å². The number of hydrogen-bond donors (Lipinski definition) is 3. The van der Waals surface area contributed by atoms with Crippen LogP contribution in [0.5, 0.6) is 5.75 Å². The first-order valence-electron chi connectivity index (χ1n) is 15.5. The number of alkyl halides is 6. The lowest BCUT2D eigenvalue weighted by Gasteiger charge is -2.43. The zero-order valence-electron chi connectivity index (χ0n) is 25.7. The van der Waals surface area contributed by atoms with E-state index in [1.807, 2.05) is 36.4 Å². The highest BCUT2D eigenvalue weighted by Gasteiger charge is 2.58. The summed E-state index contributed by atoms with van der Waals surface area (Å²) in [5.41, 5.74) is -0.769. The van der Waals surface area contributed by atoms with E-state index >= 15 is 0 Å². The molecule has 0 bridgehead atoms. The number of hydrogen-bond acceptors (Lipinski definition) is 6. The molecular weight excluding hydrogens is 655 g/mol. The number of aliphatic hydroxyl groups is 1. The first kappa shape index (κ1) is 34.5. The minimum Gasteiger partial charge on any atom is -0.508 e. The molecule has 2 saturated heterocycles. The van der Waals surface area contributed by atoms with Gasteiger partial charge in [-0.2, -0.15) is 26.3 Å². The van der Waals surface area contributed by atoms with Crippen molar-refractivity contribution in [1.29, 1.82) is 0 Å². The first-order chi connectivity index (χ1) is 23.2. The summed E-state index contributed by atoms with van der Waals surface area (Å²) in [5, 5.41) is 31.0. The highest BCUT2D eigenvalue weighted by atomic mass is 19.4. The molecule has 2 heterocycles. The second kappa shape index (κ2) is 13.1. The molecule has 1 aliphatic carbocycles. The van der Waals surface area contributed by atoms with E-state index in [0.29, 0.717) is 34.6 Å². The number of allylic oxidation sites excluding steroid dienone is 1. The number of halogens is 6. The van der Waals surface area contributed by atoms with Crippen molar-refractivity contribution in [2.75, 3.05) is 11.5 Å². The van der Waals surface area contributed by atoms with Gasteiger partial charge in [-0.15, -0.1) is 0 Å². The number of imide groups is 1. The molecule has 7 nitrogen and oxygen atoms in total. The summed E-state index contributed by atoms with van der Waals surface area (Å²) in [6, 6.07) is 16.6. The molecule has 256 valence electrons. The Balaban J connectivity index is 1.33. The largest absolute Gasteiger partial charge is 0.508 e. The molecule has 0 radical (unpaired) electrons. The maximum atomic E-state index is 13.9. The van der Waals surface area contributed by atoms with E-state index in [2.05, 4.69) is 0 Å². The lowest BCUT2D eigenvalue weighted by atomic mass is 9.58. The summed E-state index contributed by atoms with van der Waals surface area (Å²) in [6.07, 6.45) is -8.98. The van der Waals surface area contributed by atoms with Gasteiger partial charge in [-0.25, -0.2) is 4.90 Å². The Bertz CT molecular complexity index is 1780. The van der Waals surface area contributed by atoms with E-state index < -0.39 is 78.6 Å². The quantitative estimate of drug-likeness (QED) is 0.0837. The van der Waals surface area contributed by atoms with Crippen LogP contribution in [0.15, 0.2) is 83.9 Å². The summed E-state index contributed by atoms with van der Waals surface area (Å²) in [4.78, 5) is 28.0. The summed E-state index contributed by atoms with van der Waals surface area (Å²) in [7, 11) is -1.40. The molecule has 2 amide bonds. The molecule has 6 rings (SSSR count). The van der Waals surface area contributed by atoms with Crippen LogP contribution in [0.3, 0.4) is 0 Å². The van der Waals surface area contributed by atoms with Crippen LogP contribution in [0.1, 0.15) is 41.5 Å². The van der Waals surface area contributed by atoms with Crippen LogP contribution in [-0.4, -0.2) is 46.9 Å². The van der Waals surface area contributed by atoms with E-state index in [1.54, 1.807) is 24.3 Å². The van der Waals surface area contributed by atoms with Crippen molar-refractivity contribution >= 4 is 36.3 Å². The Morgan fingerprint density at radius 2 is 1.53 bits per heavy atom. The predicted octanol–water partition coefficient (Wildman–Crippen LogP) is 6.74.